The molecule has 0 aliphatic heterocycles. The first-order valence-electron chi connectivity index (χ1n) is 7.98. The van der Waals surface area contributed by atoms with Crippen LogP contribution < -0.4 is 10.6 Å². The average Bonchev–Trinajstić information content (AvgIpc) is 2.95. The Morgan fingerprint density at radius 1 is 1.27 bits per heavy atom. The summed E-state index contributed by atoms with van der Waals surface area (Å²) < 4.78 is 13.1. The van der Waals surface area contributed by atoms with Crippen molar-refractivity contribution in [3.63, 3.8) is 0 Å². The zero-order valence-corrected chi connectivity index (χ0v) is 13.1. The van der Waals surface area contributed by atoms with Gasteiger partial charge in [0.25, 0.3) is 0 Å². The first-order chi connectivity index (χ1) is 10.5. The lowest BCUT2D eigenvalue weighted by molar-refractivity contribution is 0.183. The van der Waals surface area contributed by atoms with Crippen molar-refractivity contribution in [2.75, 3.05) is 13.1 Å². The smallest absolute Gasteiger partial charge is 0.314 e. The predicted molar refractivity (Wildman–Crippen MR) is 84.2 cm³/mol. The fourth-order valence-corrected chi connectivity index (χ4v) is 3.13. The van der Waals surface area contributed by atoms with Gasteiger partial charge in [-0.05, 0) is 43.9 Å². The second-order valence-corrected chi connectivity index (χ2v) is 6.24. The van der Waals surface area contributed by atoms with E-state index in [4.69, 9.17) is 0 Å². The molecule has 0 heterocycles. The maximum atomic E-state index is 13.1. The number of nitrogens with one attached hydrogen (secondary N) is 2. The number of benzene rings is 1. The van der Waals surface area contributed by atoms with Crippen molar-refractivity contribution in [3.05, 3.63) is 35.6 Å². The molecule has 0 radical (unpaired) electrons. The van der Waals surface area contributed by atoms with Crippen LogP contribution in [0.15, 0.2) is 24.3 Å². The molecule has 0 saturated heterocycles. The number of aliphatic hydroxyl groups excluding tert-OH is 1. The van der Waals surface area contributed by atoms with Crippen molar-refractivity contribution in [2.24, 2.45) is 0 Å². The number of carbonyl (C=O) groups excluding carboxylic acids is 1. The third kappa shape index (κ3) is 4.44. The minimum Gasteiger partial charge on any atom is -0.393 e. The van der Waals surface area contributed by atoms with Crippen LogP contribution in [0.2, 0.25) is 0 Å². The quantitative estimate of drug-likeness (QED) is 0.756. The van der Waals surface area contributed by atoms with Crippen LogP contribution in [0.3, 0.4) is 0 Å². The third-order valence-electron chi connectivity index (χ3n) is 4.45. The van der Waals surface area contributed by atoms with Crippen LogP contribution >= 0.6 is 0 Å². The zero-order chi connectivity index (χ0) is 16.0. The standard InChI is InChI=1S/C17H25FN2O2/c1-13(21)8-11-19-16(22)20-12-17(9-2-3-10-17)14-4-6-15(18)7-5-14/h4-7,13,21H,2-3,8-12H2,1H3,(H2,19,20,22). The van der Waals surface area contributed by atoms with Crippen molar-refractivity contribution in [3.8, 4) is 0 Å². The molecule has 1 saturated carbocycles. The predicted octanol–water partition coefficient (Wildman–Crippen LogP) is 2.71. The number of hydrogen-bond acceptors (Lipinski definition) is 2. The van der Waals surface area contributed by atoms with Crippen LogP contribution in [0.25, 0.3) is 0 Å². The number of amides is 2. The van der Waals surface area contributed by atoms with E-state index in [0.29, 0.717) is 19.5 Å². The lowest BCUT2D eigenvalue weighted by Gasteiger charge is -2.30. The Bertz CT molecular complexity index is 482. The van der Waals surface area contributed by atoms with Crippen LogP contribution in [0, 0.1) is 5.82 Å². The Morgan fingerprint density at radius 2 is 1.91 bits per heavy atom. The van der Waals surface area contributed by atoms with Gasteiger partial charge in [-0.25, -0.2) is 9.18 Å². The van der Waals surface area contributed by atoms with Gasteiger partial charge < -0.3 is 15.7 Å². The average molecular weight is 308 g/mol. The highest BCUT2D eigenvalue weighted by atomic mass is 19.1. The maximum Gasteiger partial charge on any atom is 0.314 e. The molecule has 1 aliphatic rings. The fourth-order valence-electron chi connectivity index (χ4n) is 3.13. The molecule has 0 aromatic heterocycles. The molecule has 5 heteroatoms. The van der Waals surface area contributed by atoms with E-state index < -0.39 is 6.10 Å². The van der Waals surface area contributed by atoms with E-state index in [-0.39, 0.29) is 17.3 Å². The minimum atomic E-state index is -0.416. The van der Waals surface area contributed by atoms with Crippen molar-refractivity contribution in [2.45, 2.75) is 50.5 Å². The molecular weight excluding hydrogens is 283 g/mol. The van der Waals surface area contributed by atoms with Crippen LogP contribution in [0.1, 0.15) is 44.6 Å². The molecule has 2 amide bonds. The van der Waals surface area contributed by atoms with E-state index in [0.717, 1.165) is 31.2 Å². The third-order valence-corrected chi connectivity index (χ3v) is 4.45. The summed E-state index contributed by atoms with van der Waals surface area (Å²) >= 11 is 0. The molecule has 4 nitrogen and oxygen atoms in total. The first kappa shape index (κ1) is 16.7. The van der Waals surface area contributed by atoms with Gasteiger partial charge in [-0.1, -0.05) is 25.0 Å². The number of urea groups is 1. The van der Waals surface area contributed by atoms with Gasteiger partial charge in [0.2, 0.25) is 0 Å². The van der Waals surface area contributed by atoms with E-state index in [1.165, 1.54) is 12.1 Å². The van der Waals surface area contributed by atoms with E-state index in [1.807, 2.05) is 12.1 Å². The molecule has 0 bridgehead atoms. The van der Waals surface area contributed by atoms with Crippen LogP contribution in [-0.2, 0) is 5.41 Å². The lowest BCUT2D eigenvalue weighted by Crippen LogP contribution is -2.44. The Labute approximate surface area is 131 Å². The molecule has 1 aromatic carbocycles. The second kappa shape index (κ2) is 7.58. The summed E-state index contributed by atoms with van der Waals surface area (Å²) in [6.45, 7) is 2.70. The van der Waals surface area contributed by atoms with E-state index in [1.54, 1.807) is 6.92 Å². The largest absolute Gasteiger partial charge is 0.393 e. The first-order valence-corrected chi connectivity index (χ1v) is 7.98. The summed E-state index contributed by atoms with van der Waals surface area (Å²) in [5.74, 6) is -0.235. The minimum absolute atomic E-state index is 0.0880. The molecule has 1 aromatic rings. The molecule has 1 atom stereocenters. The van der Waals surface area contributed by atoms with Gasteiger partial charge in [0, 0.05) is 18.5 Å². The van der Waals surface area contributed by atoms with Gasteiger partial charge in [-0.15, -0.1) is 0 Å². The van der Waals surface area contributed by atoms with Crippen LogP contribution in [0.4, 0.5) is 9.18 Å². The SMILES string of the molecule is CC(O)CCNC(=O)NCC1(c2ccc(F)cc2)CCCC1. The lowest BCUT2D eigenvalue weighted by atomic mass is 9.79. The molecule has 122 valence electrons. The number of aliphatic hydroxyl groups is 1. The Kier molecular flexibility index (Phi) is 5.77. The Morgan fingerprint density at radius 3 is 2.50 bits per heavy atom. The monoisotopic (exact) mass is 308 g/mol. The molecule has 1 unspecified atom stereocenters. The van der Waals surface area contributed by atoms with Gasteiger partial charge in [0.05, 0.1) is 6.10 Å². The number of carbonyl (C=O) groups is 1. The molecule has 2 rings (SSSR count). The van der Waals surface area contributed by atoms with Gasteiger partial charge in [0.15, 0.2) is 0 Å². The Balaban J connectivity index is 1.92. The molecule has 22 heavy (non-hydrogen) atoms. The Hall–Kier alpha value is -1.62. The number of halogens is 1. The summed E-state index contributed by atoms with van der Waals surface area (Å²) in [4.78, 5) is 11.8. The normalized spacial score (nSPS) is 18.0. The van der Waals surface area contributed by atoms with Gasteiger partial charge in [-0.3, -0.25) is 0 Å². The van der Waals surface area contributed by atoms with Gasteiger partial charge >= 0.3 is 6.03 Å². The van der Waals surface area contributed by atoms with Gasteiger partial charge in [0.1, 0.15) is 5.82 Å². The summed E-state index contributed by atoms with van der Waals surface area (Å²) in [6.07, 6.45) is 4.39. The molecular formula is C17H25FN2O2. The zero-order valence-electron chi connectivity index (χ0n) is 13.1. The highest BCUT2D eigenvalue weighted by Crippen LogP contribution is 2.40. The fraction of sp³-hybridized carbons (Fsp3) is 0.588. The molecule has 0 spiro atoms. The van der Waals surface area contributed by atoms with E-state index in [2.05, 4.69) is 10.6 Å². The topological polar surface area (TPSA) is 61.4 Å². The number of rotatable bonds is 6. The van der Waals surface area contributed by atoms with Crippen LogP contribution in [-0.4, -0.2) is 30.3 Å². The van der Waals surface area contributed by atoms with Crippen molar-refractivity contribution in [1.29, 1.82) is 0 Å². The van der Waals surface area contributed by atoms with E-state index in [9.17, 15) is 14.3 Å². The van der Waals surface area contributed by atoms with E-state index >= 15 is 0 Å². The van der Waals surface area contributed by atoms with Crippen molar-refractivity contribution >= 4 is 6.03 Å². The van der Waals surface area contributed by atoms with Crippen LogP contribution in [0.5, 0.6) is 0 Å². The van der Waals surface area contributed by atoms with Crippen molar-refractivity contribution in [1.82, 2.24) is 10.6 Å². The molecule has 1 fully saturated rings. The molecule has 3 N–H and O–H groups in total. The van der Waals surface area contributed by atoms with Crippen molar-refractivity contribution < 1.29 is 14.3 Å². The summed E-state index contributed by atoms with van der Waals surface area (Å²) in [7, 11) is 0. The summed E-state index contributed by atoms with van der Waals surface area (Å²) in [6, 6.07) is 6.41. The maximum absolute atomic E-state index is 13.1. The highest BCUT2D eigenvalue weighted by Gasteiger charge is 2.35. The van der Waals surface area contributed by atoms with Gasteiger partial charge in [-0.2, -0.15) is 0 Å². The summed E-state index contributed by atoms with van der Waals surface area (Å²) in [5, 5.41) is 14.9. The summed E-state index contributed by atoms with van der Waals surface area (Å²) in [5.41, 5.74) is 1.01. The second-order valence-electron chi connectivity index (χ2n) is 6.24. The molecule has 1 aliphatic carbocycles. The number of hydrogen-bond donors (Lipinski definition) is 3. The highest BCUT2D eigenvalue weighted by molar-refractivity contribution is 5.73.